The number of hydrogen-bond acceptors (Lipinski definition) is 3. The van der Waals surface area contributed by atoms with Crippen LogP contribution in [0.1, 0.15) is 23.2 Å². The van der Waals surface area contributed by atoms with E-state index in [1.54, 1.807) is 42.5 Å². The second-order valence-corrected chi connectivity index (χ2v) is 7.21. The zero-order chi connectivity index (χ0) is 20.2. The van der Waals surface area contributed by atoms with Crippen molar-refractivity contribution in [3.8, 4) is 5.69 Å². The average Bonchev–Trinajstić information content (AvgIpc) is 3.44. The van der Waals surface area contributed by atoms with Crippen molar-refractivity contribution in [1.82, 2.24) is 4.57 Å². The molecule has 3 aromatic rings. The molecule has 1 unspecified atom stereocenters. The molecule has 2 amide bonds. The van der Waals surface area contributed by atoms with Gasteiger partial charge in [-0.2, -0.15) is 0 Å². The first-order valence-corrected chi connectivity index (χ1v) is 9.75. The lowest BCUT2D eigenvalue weighted by Gasteiger charge is -2.14. The minimum Gasteiger partial charge on any atom is -0.368 e. The molecule has 2 heterocycles. The van der Waals surface area contributed by atoms with Crippen molar-refractivity contribution in [2.45, 2.75) is 18.9 Å². The number of carbonyl (C=O) groups excluding carboxylic acids is 2. The summed E-state index contributed by atoms with van der Waals surface area (Å²) < 4.78 is 7.27. The normalized spacial score (nSPS) is 15.8. The van der Waals surface area contributed by atoms with Gasteiger partial charge in [0.2, 0.25) is 0 Å². The molecule has 0 spiro atoms. The predicted octanol–water partition coefficient (Wildman–Crippen LogP) is 4.50. The molecule has 6 nitrogen and oxygen atoms in total. The summed E-state index contributed by atoms with van der Waals surface area (Å²) in [5.74, 6) is -0.471. The lowest BCUT2D eigenvalue weighted by Crippen LogP contribution is -2.27. The van der Waals surface area contributed by atoms with E-state index in [-0.39, 0.29) is 11.8 Å². The minimum atomic E-state index is -0.425. The third kappa shape index (κ3) is 4.50. The number of rotatable bonds is 5. The summed E-state index contributed by atoms with van der Waals surface area (Å²) in [6, 6.07) is 15.9. The number of hydrogen-bond donors (Lipinski definition) is 2. The van der Waals surface area contributed by atoms with Gasteiger partial charge in [0.1, 0.15) is 6.10 Å². The third-order valence-corrected chi connectivity index (χ3v) is 4.94. The van der Waals surface area contributed by atoms with Crippen molar-refractivity contribution in [2.24, 2.45) is 0 Å². The zero-order valence-corrected chi connectivity index (χ0v) is 16.4. The Morgan fingerprint density at radius 1 is 1.03 bits per heavy atom. The van der Waals surface area contributed by atoms with Crippen LogP contribution in [0.3, 0.4) is 0 Å². The van der Waals surface area contributed by atoms with Gasteiger partial charge in [-0.1, -0.05) is 17.7 Å². The number of halogens is 1. The molecule has 7 heteroatoms. The maximum Gasteiger partial charge on any atom is 0.255 e. The molecular weight excluding hydrogens is 390 g/mol. The highest BCUT2D eigenvalue weighted by Crippen LogP contribution is 2.25. The summed E-state index contributed by atoms with van der Waals surface area (Å²) in [5, 5.41) is 6.32. The molecule has 148 valence electrons. The van der Waals surface area contributed by atoms with E-state index in [1.807, 2.05) is 29.1 Å². The largest absolute Gasteiger partial charge is 0.368 e. The Hall–Kier alpha value is -3.09. The molecule has 1 atom stereocenters. The van der Waals surface area contributed by atoms with Crippen LogP contribution in [0, 0.1) is 0 Å². The lowest BCUT2D eigenvalue weighted by molar-refractivity contribution is -0.124. The quantitative estimate of drug-likeness (QED) is 0.651. The van der Waals surface area contributed by atoms with Crippen LogP contribution in [-0.2, 0) is 9.53 Å². The molecule has 1 saturated heterocycles. The van der Waals surface area contributed by atoms with Crippen molar-refractivity contribution in [3.05, 3.63) is 77.6 Å². The van der Waals surface area contributed by atoms with Crippen LogP contribution in [0.5, 0.6) is 0 Å². The van der Waals surface area contributed by atoms with Crippen molar-refractivity contribution >= 4 is 34.8 Å². The van der Waals surface area contributed by atoms with E-state index in [9.17, 15) is 9.59 Å². The predicted molar refractivity (Wildman–Crippen MR) is 113 cm³/mol. The monoisotopic (exact) mass is 409 g/mol. The average molecular weight is 410 g/mol. The first-order valence-electron chi connectivity index (χ1n) is 9.37. The highest BCUT2D eigenvalue weighted by atomic mass is 35.5. The molecule has 2 N–H and O–H groups in total. The Morgan fingerprint density at radius 2 is 1.86 bits per heavy atom. The van der Waals surface area contributed by atoms with E-state index in [2.05, 4.69) is 10.6 Å². The van der Waals surface area contributed by atoms with Gasteiger partial charge < -0.3 is 19.9 Å². The Bertz CT molecular complexity index is 1030. The summed E-state index contributed by atoms with van der Waals surface area (Å²) in [4.78, 5) is 25.1. The molecule has 1 fully saturated rings. The number of amides is 2. The maximum absolute atomic E-state index is 12.8. The molecule has 0 radical (unpaired) electrons. The fraction of sp³-hybridized carbons (Fsp3) is 0.182. The summed E-state index contributed by atoms with van der Waals surface area (Å²) in [5.41, 5.74) is 2.38. The van der Waals surface area contributed by atoms with Crippen molar-refractivity contribution in [2.75, 3.05) is 17.2 Å². The zero-order valence-electron chi connectivity index (χ0n) is 15.6. The van der Waals surface area contributed by atoms with E-state index >= 15 is 0 Å². The molecule has 0 bridgehead atoms. The van der Waals surface area contributed by atoms with Gasteiger partial charge in [0.05, 0.1) is 11.4 Å². The second kappa shape index (κ2) is 8.51. The van der Waals surface area contributed by atoms with Gasteiger partial charge in [0, 0.05) is 35.3 Å². The number of anilines is 2. The Balaban J connectivity index is 1.51. The Labute approximate surface area is 173 Å². The topological polar surface area (TPSA) is 72.4 Å². The first kappa shape index (κ1) is 19.2. The maximum atomic E-state index is 12.8. The highest BCUT2D eigenvalue weighted by molar-refractivity contribution is 6.31. The number of ether oxygens (including phenoxy) is 1. The van der Waals surface area contributed by atoms with E-state index in [4.69, 9.17) is 16.3 Å². The smallest absolute Gasteiger partial charge is 0.255 e. The van der Waals surface area contributed by atoms with Crippen LogP contribution >= 0.6 is 11.6 Å². The number of carbonyl (C=O) groups is 2. The van der Waals surface area contributed by atoms with Crippen LogP contribution in [0.25, 0.3) is 5.69 Å². The molecule has 2 aromatic carbocycles. The van der Waals surface area contributed by atoms with Gasteiger partial charge >= 0.3 is 0 Å². The molecule has 4 rings (SSSR count). The number of nitrogens with zero attached hydrogens (tertiary/aromatic N) is 1. The summed E-state index contributed by atoms with van der Waals surface area (Å²) in [7, 11) is 0. The van der Waals surface area contributed by atoms with Crippen LogP contribution in [0.2, 0.25) is 5.02 Å². The Kier molecular flexibility index (Phi) is 5.64. The van der Waals surface area contributed by atoms with Crippen LogP contribution in [0.15, 0.2) is 67.0 Å². The second-order valence-electron chi connectivity index (χ2n) is 6.78. The standard InChI is InChI=1S/C22H20ClN3O3/c23-16-8-9-18(19(14-16)26-10-1-2-11-26)25-21(27)15-5-3-6-17(13-15)24-22(28)20-7-4-12-29-20/h1-3,5-6,8-11,13-14,20H,4,7,12H2,(H,24,28)(H,25,27). The van der Waals surface area contributed by atoms with Crippen LogP contribution in [0.4, 0.5) is 11.4 Å². The molecule has 1 aliphatic rings. The number of nitrogens with one attached hydrogen (secondary N) is 2. The van der Waals surface area contributed by atoms with Crippen LogP contribution in [-0.4, -0.2) is 29.1 Å². The van der Waals surface area contributed by atoms with Crippen molar-refractivity contribution < 1.29 is 14.3 Å². The summed E-state index contributed by atoms with van der Waals surface area (Å²) in [6.07, 6.45) is 4.92. The van der Waals surface area contributed by atoms with Gasteiger partial charge in [0.15, 0.2) is 0 Å². The van der Waals surface area contributed by atoms with Gasteiger partial charge in [-0.25, -0.2) is 0 Å². The molecule has 0 aliphatic carbocycles. The van der Waals surface area contributed by atoms with Crippen molar-refractivity contribution in [1.29, 1.82) is 0 Å². The van der Waals surface area contributed by atoms with Gasteiger partial charge in [-0.05, 0) is 61.4 Å². The van der Waals surface area contributed by atoms with Gasteiger partial charge in [-0.3, -0.25) is 9.59 Å². The fourth-order valence-corrected chi connectivity index (χ4v) is 3.43. The summed E-state index contributed by atoms with van der Waals surface area (Å²) >= 11 is 6.13. The molecule has 0 saturated carbocycles. The van der Waals surface area contributed by atoms with Gasteiger partial charge in [0.25, 0.3) is 11.8 Å². The highest BCUT2D eigenvalue weighted by Gasteiger charge is 2.23. The number of benzene rings is 2. The summed E-state index contributed by atoms with van der Waals surface area (Å²) in [6.45, 7) is 0.603. The number of aromatic nitrogens is 1. The van der Waals surface area contributed by atoms with E-state index in [1.165, 1.54) is 0 Å². The minimum absolute atomic E-state index is 0.187. The third-order valence-electron chi connectivity index (χ3n) is 4.71. The van der Waals surface area contributed by atoms with Crippen LogP contribution < -0.4 is 10.6 Å². The van der Waals surface area contributed by atoms with Crippen molar-refractivity contribution in [3.63, 3.8) is 0 Å². The van der Waals surface area contributed by atoms with E-state index < -0.39 is 6.10 Å². The fourth-order valence-electron chi connectivity index (χ4n) is 3.26. The SMILES string of the molecule is O=C(Nc1ccc(Cl)cc1-n1cccc1)c1cccc(NC(=O)C2CCCO2)c1. The lowest BCUT2D eigenvalue weighted by atomic mass is 10.1. The molecule has 1 aromatic heterocycles. The van der Waals surface area contributed by atoms with Gasteiger partial charge in [-0.15, -0.1) is 0 Å². The first-order chi connectivity index (χ1) is 14.1. The van der Waals surface area contributed by atoms with E-state index in [0.29, 0.717) is 35.0 Å². The molecule has 29 heavy (non-hydrogen) atoms. The molecular formula is C22H20ClN3O3. The van der Waals surface area contributed by atoms with E-state index in [0.717, 1.165) is 12.1 Å². The molecule has 1 aliphatic heterocycles. The Morgan fingerprint density at radius 3 is 2.62 bits per heavy atom.